The molecule has 4 aromatic rings. The first-order chi connectivity index (χ1) is 15.4. The Hall–Kier alpha value is -3.95. The first-order valence-electron chi connectivity index (χ1n) is 9.80. The van der Waals surface area contributed by atoms with Crippen LogP contribution in [-0.4, -0.2) is 37.3 Å². The van der Waals surface area contributed by atoms with Crippen LogP contribution in [0, 0.1) is 17.5 Å². The molecule has 5 rings (SSSR count). The molecular weight excluding hydrogens is 423 g/mol. The van der Waals surface area contributed by atoms with Gasteiger partial charge >= 0.3 is 0 Å². The lowest BCUT2D eigenvalue weighted by Gasteiger charge is -2.27. The second-order valence-corrected chi connectivity index (χ2v) is 7.43. The van der Waals surface area contributed by atoms with E-state index in [4.69, 9.17) is 4.52 Å². The van der Waals surface area contributed by atoms with Crippen molar-refractivity contribution < 1.29 is 22.5 Å². The highest BCUT2D eigenvalue weighted by Gasteiger charge is 2.31. The Morgan fingerprint density at radius 1 is 1.09 bits per heavy atom. The van der Waals surface area contributed by atoms with Crippen molar-refractivity contribution in [2.75, 3.05) is 6.54 Å². The van der Waals surface area contributed by atoms with Crippen LogP contribution in [0.15, 0.2) is 47.0 Å². The summed E-state index contributed by atoms with van der Waals surface area (Å²) in [5, 5.41) is 8.38. The maximum Gasteiger partial charge on any atom is 0.279 e. The number of rotatable bonds is 3. The minimum Gasteiger partial charge on any atom is -0.334 e. The van der Waals surface area contributed by atoms with Crippen LogP contribution in [0.1, 0.15) is 21.6 Å². The molecule has 1 aliphatic heterocycles. The summed E-state index contributed by atoms with van der Waals surface area (Å²) in [5.74, 6) is -2.30. The highest BCUT2D eigenvalue weighted by atomic mass is 19.1. The molecular formula is C22H16F3N5O2. The Bertz CT molecular complexity index is 1350. The average Bonchev–Trinajstić information content (AvgIpc) is 3.38. The van der Waals surface area contributed by atoms with Gasteiger partial charge in [-0.3, -0.25) is 9.48 Å². The van der Waals surface area contributed by atoms with Crippen molar-refractivity contribution in [2.24, 2.45) is 7.05 Å². The number of aryl methyl sites for hydroxylation is 1. The number of carbonyl (C=O) groups excluding carboxylic acids is 1. The van der Waals surface area contributed by atoms with Gasteiger partial charge in [-0.25, -0.2) is 13.2 Å². The largest absolute Gasteiger partial charge is 0.334 e. The molecule has 0 spiro atoms. The Labute approximate surface area is 180 Å². The summed E-state index contributed by atoms with van der Waals surface area (Å²) in [6.45, 7) is 0.492. The molecule has 0 unspecified atom stereocenters. The van der Waals surface area contributed by atoms with E-state index in [1.165, 1.54) is 17.0 Å². The molecule has 3 heterocycles. The molecule has 0 saturated heterocycles. The van der Waals surface area contributed by atoms with Gasteiger partial charge in [0.25, 0.3) is 11.8 Å². The van der Waals surface area contributed by atoms with Crippen LogP contribution in [0.3, 0.4) is 0 Å². The molecule has 1 amide bonds. The van der Waals surface area contributed by atoms with Crippen molar-refractivity contribution in [2.45, 2.75) is 13.0 Å². The molecule has 0 bridgehead atoms. The van der Waals surface area contributed by atoms with Gasteiger partial charge < -0.3 is 9.42 Å². The Morgan fingerprint density at radius 3 is 2.69 bits per heavy atom. The van der Waals surface area contributed by atoms with Crippen molar-refractivity contribution in [3.8, 4) is 23.0 Å². The van der Waals surface area contributed by atoms with Crippen molar-refractivity contribution >= 4 is 5.91 Å². The molecule has 0 saturated carbocycles. The van der Waals surface area contributed by atoms with Gasteiger partial charge in [-0.1, -0.05) is 17.3 Å². The van der Waals surface area contributed by atoms with E-state index >= 15 is 0 Å². The summed E-state index contributed by atoms with van der Waals surface area (Å²) in [4.78, 5) is 18.7. The van der Waals surface area contributed by atoms with Gasteiger partial charge in [0, 0.05) is 42.9 Å². The van der Waals surface area contributed by atoms with Crippen molar-refractivity contribution in [1.29, 1.82) is 0 Å². The molecule has 2 aromatic carbocycles. The van der Waals surface area contributed by atoms with Crippen LogP contribution in [0.25, 0.3) is 23.0 Å². The van der Waals surface area contributed by atoms with E-state index in [0.29, 0.717) is 35.9 Å². The number of benzene rings is 2. The third-order valence-electron chi connectivity index (χ3n) is 5.40. The first kappa shape index (κ1) is 20.0. The SMILES string of the molecule is Cn1nc(-c2nc(-c3cccc(F)c3)no2)c2c1CCN(C(=O)c1ccc(F)cc1F)C2. The molecule has 7 nitrogen and oxygen atoms in total. The first-order valence-corrected chi connectivity index (χ1v) is 9.80. The van der Waals surface area contributed by atoms with Gasteiger partial charge in [0.15, 0.2) is 5.69 Å². The predicted molar refractivity (Wildman–Crippen MR) is 107 cm³/mol. The van der Waals surface area contributed by atoms with Crippen LogP contribution in [-0.2, 0) is 20.0 Å². The zero-order valence-electron chi connectivity index (χ0n) is 16.8. The third kappa shape index (κ3) is 3.43. The van der Waals surface area contributed by atoms with Crippen LogP contribution < -0.4 is 0 Å². The fraction of sp³-hybridized carbons (Fsp3) is 0.182. The van der Waals surface area contributed by atoms with E-state index in [1.54, 1.807) is 23.9 Å². The lowest BCUT2D eigenvalue weighted by molar-refractivity contribution is 0.0728. The van der Waals surface area contributed by atoms with Gasteiger partial charge in [0.1, 0.15) is 17.5 Å². The number of carbonyl (C=O) groups is 1. The van der Waals surface area contributed by atoms with Crippen molar-refractivity contribution in [3.05, 3.63) is 76.7 Å². The Morgan fingerprint density at radius 2 is 1.91 bits per heavy atom. The number of hydrogen-bond donors (Lipinski definition) is 0. The van der Waals surface area contributed by atoms with Gasteiger partial charge in [0.2, 0.25) is 5.82 Å². The summed E-state index contributed by atoms with van der Waals surface area (Å²) in [6, 6.07) is 8.67. The van der Waals surface area contributed by atoms with Gasteiger partial charge in [-0.2, -0.15) is 10.1 Å². The van der Waals surface area contributed by atoms with E-state index in [0.717, 1.165) is 17.8 Å². The number of amides is 1. The number of nitrogens with zero attached hydrogens (tertiary/aromatic N) is 5. The molecule has 162 valence electrons. The number of fused-ring (bicyclic) bond motifs is 1. The second-order valence-electron chi connectivity index (χ2n) is 7.43. The maximum atomic E-state index is 14.1. The van der Waals surface area contributed by atoms with Crippen LogP contribution in [0.5, 0.6) is 0 Å². The van der Waals surface area contributed by atoms with Crippen molar-refractivity contribution in [3.63, 3.8) is 0 Å². The van der Waals surface area contributed by atoms with E-state index < -0.39 is 23.4 Å². The third-order valence-corrected chi connectivity index (χ3v) is 5.40. The topological polar surface area (TPSA) is 77.1 Å². The fourth-order valence-electron chi connectivity index (χ4n) is 3.84. The molecule has 0 fully saturated rings. The van der Waals surface area contributed by atoms with Gasteiger partial charge in [-0.05, 0) is 24.3 Å². The van der Waals surface area contributed by atoms with Crippen molar-refractivity contribution in [1.82, 2.24) is 24.8 Å². The lowest BCUT2D eigenvalue weighted by Crippen LogP contribution is -2.36. The van der Waals surface area contributed by atoms with E-state index in [1.807, 2.05) is 0 Å². The lowest BCUT2D eigenvalue weighted by atomic mass is 10.0. The van der Waals surface area contributed by atoms with Crippen LogP contribution in [0.4, 0.5) is 13.2 Å². The normalized spacial score (nSPS) is 13.3. The Kier molecular flexibility index (Phi) is 4.76. The number of hydrogen-bond acceptors (Lipinski definition) is 5. The smallest absolute Gasteiger partial charge is 0.279 e. The molecule has 0 atom stereocenters. The second kappa shape index (κ2) is 7.63. The van der Waals surface area contributed by atoms with Gasteiger partial charge in [-0.15, -0.1) is 0 Å². The molecule has 0 radical (unpaired) electrons. The average molecular weight is 439 g/mol. The summed E-state index contributed by atoms with van der Waals surface area (Å²) >= 11 is 0. The summed E-state index contributed by atoms with van der Waals surface area (Å²) in [5.41, 5.74) is 2.23. The quantitative estimate of drug-likeness (QED) is 0.486. The Balaban J connectivity index is 1.47. The predicted octanol–water partition coefficient (Wildman–Crippen LogP) is 3.75. The van der Waals surface area contributed by atoms with Gasteiger partial charge in [0.05, 0.1) is 12.1 Å². The van der Waals surface area contributed by atoms with E-state index in [-0.39, 0.29) is 23.8 Å². The molecule has 0 N–H and O–H groups in total. The summed E-state index contributed by atoms with van der Waals surface area (Å²) in [6.07, 6.45) is 0.484. The highest BCUT2D eigenvalue weighted by Crippen LogP contribution is 2.31. The zero-order valence-corrected chi connectivity index (χ0v) is 16.8. The number of aromatic nitrogens is 4. The fourth-order valence-corrected chi connectivity index (χ4v) is 3.84. The number of halogens is 3. The molecule has 1 aliphatic rings. The minimum atomic E-state index is -0.913. The molecule has 10 heteroatoms. The molecule has 0 aliphatic carbocycles. The maximum absolute atomic E-state index is 14.1. The van der Waals surface area contributed by atoms with Crippen LogP contribution in [0.2, 0.25) is 0 Å². The molecule has 2 aromatic heterocycles. The van der Waals surface area contributed by atoms with E-state index in [2.05, 4.69) is 15.2 Å². The standard InChI is InChI=1S/C22H16F3N5O2/c1-29-18-7-8-30(22(31)15-6-5-14(24)10-17(15)25)11-16(18)19(27-29)21-26-20(28-32-21)12-3-2-4-13(23)9-12/h2-6,9-10H,7-8,11H2,1H3. The zero-order chi connectivity index (χ0) is 22.4. The highest BCUT2D eigenvalue weighted by molar-refractivity contribution is 5.94. The summed E-state index contributed by atoms with van der Waals surface area (Å²) < 4.78 is 47.9. The monoisotopic (exact) mass is 439 g/mol. The summed E-state index contributed by atoms with van der Waals surface area (Å²) in [7, 11) is 1.77. The molecule has 32 heavy (non-hydrogen) atoms. The minimum absolute atomic E-state index is 0.128. The van der Waals surface area contributed by atoms with E-state index in [9.17, 15) is 18.0 Å². The van der Waals surface area contributed by atoms with Crippen LogP contribution >= 0.6 is 0 Å².